The number of amides is 2. The second kappa shape index (κ2) is 6.25. The average molecular weight is 292 g/mol. The molecule has 2 rings (SSSR count). The minimum Gasteiger partial charge on any atom is -0.484 e. The van der Waals surface area contributed by atoms with E-state index in [0.717, 1.165) is 0 Å². The molecule has 1 aromatic rings. The van der Waals surface area contributed by atoms with Crippen LogP contribution in [0.4, 0.5) is 0 Å². The molecule has 0 spiro atoms. The van der Waals surface area contributed by atoms with Crippen LogP contribution in [0, 0.1) is 0 Å². The van der Waals surface area contributed by atoms with Gasteiger partial charge in [-0.05, 0) is 37.1 Å². The molecular formula is C14H16N2O5. The van der Waals surface area contributed by atoms with E-state index in [4.69, 9.17) is 15.6 Å². The number of nitrogens with zero attached hydrogens (tertiary/aromatic N) is 1. The molecule has 2 amide bonds. The zero-order chi connectivity index (χ0) is 15.4. The van der Waals surface area contributed by atoms with Gasteiger partial charge in [0, 0.05) is 12.1 Å². The number of carbonyl (C=O) groups is 3. The van der Waals surface area contributed by atoms with Gasteiger partial charge in [-0.25, -0.2) is 4.79 Å². The van der Waals surface area contributed by atoms with Gasteiger partial charge in [0.1, 0.15) is 11.8 Å². The van der Waals surface area contributed by atoms with Gasteiger partial charge in [0.25, 0.3) is 11.8 Å². The van der Waals surface area contributed by atoms with Crippen molar-refractivity contribution in [3.63, 3.8) is 0 Å². The van der Waals surface area contributed by atoms with Crippen LogP contribution in [0.5, 0.6) is 5.75 Å². The summed E-state index contributed by atoms with van der Waals surface area (Å²) in [4.78, 5) is 35.3. The summed E-state index contributed by atoms with van der Waals surface area (Å²) in [7, 11) is 0. The van der Waals surface area contributed by atoms with Crippen LogP contribution in [0.1, 0.15) is 23.2 Å². The number of carboxylic acid groups (broad SMARTS) is 1. The van der Waals surface area contributed by atoms with E-state index >= 15 is 0 Å². The third kappa shape index (κ3) is 3.50. The summed E-state index contributed by atoms with van der Waals surface area (Å²) in [5.74, 6) is -1.47. The van der Waals surface area contributed by atoms with Crippen LogP contribution in [0.15, 0.2) is 24.3 Å². The molecule has 1 aliphatic heterocycles. The van der Waals surface area contributed by atoms with Crippen molar-refractivity contribution in [2.24, 2.45) is 5.73 Å². The standard InChI is InChI=1S/C14H16N2O5/c15-12(17)8-21-10-5-3-9(4-6-10)13(18)16-7-1-2-11(16)14(19)20/h3-6,11H,1-2,7-8H2,(H2,15,17)(H,19,20). The summed E-state index contributed by atoms with van der Waals surface area (Å²) < 4.78 is 5.09. The largest absolute Gasteiger partial charge is 0.484 e. The van der Waals surface area contributed by atoms with E-state index in [1.54, 1.807) is 12.1 Å². The zero-order valence-electron chi connectivity index (χ0n) is 11.3. The van der Waals surface area contributed by atoms with Crippen LogP contribution in [0.25, 0.3) is 0 Å². The van der Waals surface area contributed by atoms with Crippen molar-refractivity contribution < 1.29 is 24.2 Å². The van der Waals surface area contributed by atoms with Crippen LogP contribution in [-0.2, 0) is 9.59 Å². The second-order valence-corrected chi connectivity index (χ2v) is 4.77. The molecule has 1 heterocycles. The lowest BCUT2D eigenvalue weighted by Crippen LogP contribution is -2.40. The van der Waals surface area contributed by atoms with Gasteiger partial charge in [-0.1, -0.05) is 0 Å². The number of hydrogen-bond acceptors (Lipinski definition) is 4. The molecule has 1 fully saturated rings. The maximum absolute atomic E-state index is 12.3. The number of likely N-dealkylation sites (tertiary alicyclic amines) is 1. The average Bonchev–Trinajstić information content (AvgIpc) is 2.94. The number of hydrogen-bond donors (Lipinski definition) is 2. The van der Waals surface area contributed by atoms with Crippen LogP contribution < -0.4 is 10.5 Å². The van der Waals surface area contributed by atoms with E-state index < -0.39 is 17.9 Å². The van der Waals surface area contributed by atoms with Gasteiger partial charge in [-0.2, -0.15) is 0 Å². The Morgan fingerprint density at radius 2 is 1.95 bits per heavy atom. The molecule has 1 aliphatic rings. The predicted molar refractivity (Wildman–Crippen MR) is 72.8 cm³/mol. The summed E-state index contributed by atoms with van der Waals surface area (Å²) in [5, 5.41) is 9.09. The third-order valence-electron chi connectivity index (χ3n) is 3.28. The number of benzene rings is 1. The molecule has 7 nitrogen and oxygen atoms in total. The highest BCUT2D eigenvalue weighted by atomic mass is 16.5. The first-order valence-corrected chi connectivity index (χ1v) is 6.54. The quantitative estimate of drug-likeness (QED) is 0.807. The van der Waals surface area contributed by atoms with Gasteiger partial charge < -0.3 is 20.5 Å². The molecule has 1 saturated heterocycles. The highest BCUT2D eigenvalue weighted by molar-refractivity contribution is 5.97. The lowest BCUT2D eigenvalue weighted by Gasteiger charge is -2.21. The zero-order valence-corrected chi connectivity index (χ0v) is 11.3. The molecule has 1 aromatic carbocycles. The summed E-state index contributed by atoms with van der Waals surface area (Å²) in [6.07, 6.45) is 1.16. The smallest absolute Gasteiger partial charge is 0.326 e. The lowest BCUT2D eigenvalue weighted by atomic mass is 10.1. The number of primary amides is 1. The van der Waals surface area contributed by atoms with E-state index in [1.807, 2.05) is 0 Å². The maximum atomic E-state index is 12.3. The van der Waals surface area contributed by atoms with E-state index in [2.05, 4.69) is 0 Å². The fraction of sp³-hybridized carbons (Fsp3) is 0.357. The van der Waals surface area contributed by atoms with Gasteiger partial charge >= 0.3 is 5.97 Å². The van der Waals surface area contributed by atoms with E-state index in [0.29, 0.717) is 30.7 Å². The number of aliphatic carboxylic acids is 1. The molecule has 0 radical (unpaired) electrons. The number of rotatable bonds is 5. The van der Waals surface area contributed by atoms with Crippen LogP contribution in [0.3, 0.4) is 0 Å². The Morgan fingerprint density at radius 3 is 2.52 bits per heavy atom. The predicted octanol–water partition coefficient (Wildman–Crippen LogP) is 0.240. The van der Waals surface area contributed by atoms with Gasteiger partial charge in [0.05, 0.1) is 0 Å². The van der Waals surface area contributed by atoms with Gasteiger partial charge in [0.15, 0.2) is 6.61 Å². The van der Waals surface area contributed by atoms with Crippen molar-refractivity contribution in [3.05, 3.63) is 29.8 Å². The molecule has 0 saturated carbocycles. The van der Waals surface area contributed by atoms with Crippen molar-refractivity contribution in [2.75, 3.05) is 13.2 Å². The van der Waals surface area contributed by atoms with Gasteiger partial charge in [-0.15, -0.1) is 0 Å². The number of carboxylic acids is 1. The molecule has 1 atom stereocenters. The molecular weight excluding hydrogens is 276 g/mol. The van der Waals surface area contributed by atoms with E-state index in [1.165, 1.54) is 17.0 Å². The van der Waals surface area contributed by atoms with Crippen molar-refractivity contribution in [1.82, 2.24) is 4.90 Å². The molecule has 1 unspecified atom stereocenters. The topological polar surface area (TPSA) is 110 Å². The first-order valence-electron chi connectivity index (χ1n) is 6.54. The molecule has 0 aliphatic carbocycles. The van der Waals surface area contributed by atoms with Crippen LogP contribution in [-0.4, -0.2) is 47.0 Å². The fourth-order valence-corrected chi connectivity index (χ4v) is 2.28. The summed E-state index contributed by atoms with van der Waals surface area (Å²) in [6.45, 7) is 0.205. The van der Waals surface area contributed by atoms with Crippen LogP contribution >= 0.6 is 0 Å². The summed E-state index contributed by atoms with van der Waals surface area (Å²) >= 11 is 0. The molecule has 0 bridgehead atoms. The number of nitrogens with two attached hydrogens (primary N) is 1. The SMILES string of the molecule is NC(=O)COc1ccc(C(=O)N2CCCC2C(=O)O)cc1. The molecule has 0 aromatic heterocycles. The Bertz CT molecular complexity index is 555. The maximum Gasteiger partial charge on any atom is 0.326 e. The Balaban J connectivity index is 2.06. The molecule has 21 heavy (non-hydrogen) atoms. The Morgan fingerprint density at radius 1 is 1.29 bits per heavy atom. The second-order valence-electron chi connectivity index (χ2n) is 4.77. The van der Waals surface area contributed by atoms with Gasteiger partial charge in [-0.3, -0.25) is 9.59 Å². The van der Waals surface area contributed by atoms with Crippen molar-refractivity contribution >= 4 is 17.8 Å². The van der Waals surface area contributed by atoms with E-state index in [9.17, 15) is 14.4 Å². The van der Waals surface area contributed by atoms with Gasteiger partial charge in [0.2, 0.25) is 0 Å². The Hall–Kier alpha value is -2.57. The van der Waals surface area contributed by atoms with Crippen molar-refractivity contribution in [2.45, 2.75) is 18.9 Å². The summed E-state index contributed by atoms with van der Waals surface area (Å²) in [6, 6.07) is 5.40. The monoisotopic (exact) mass is 292 g/mol. The normalized spacial score (nSPS) is 17.5. The van der Waals surface area contributed by atoms with Crippen LogP contribution in [0.2, 0.25) is 0 Å². The molecule has 112 valence electrons. The number of carbonyl (C=O) groups excluding carboxylic acids is 2. The van der Waals surface area contributed by atoms with Crippen molar-refractivity contribution in [3.8, 4) is 5.75 Å². The lowest BCUT2D eigenvalue weighted by molar-refractivity contribution is -0.141. The highest BCUT2D eigenvalue weighted by Gasteiger charge is 2.34. The number of ether oxygens (including phenoxy) is 1. The Labute approximate surface area is 121 Å². The fourth-order valence-electron chi connectivity index (χ4n) is 2.28. The van der Waals surface area contributed by atoms with E-state index in [-0.39, 0.29) is 12.5 Å². The molecule has 3 N–H and O–H groups in total. The first kappa shape index (κ1) is 14.8. The summed E-state index contributed by atoms with van der Waals surface area (Å²) in [5.41, 5.74) is 5.35. The minimum absolute atomic E-state index is 0.236. The Kier molecular flexibility index (Phi) is 4.42. The third-order valence-corrected chi connectivity index (χ3v) is 3.28. The molecule has 7 heteroatoms. The highest BCUT2D eigenvalue weighted by Crippen LogP contribution is 2.21. The first-order chi connectivity index (χ1) is 9.99. The minimum atomic E-state index is -0.984. The van der Waals surface area contributed by atoms with Crippen molar-refractivity contribution in [1.29, 1.82) is 0 Å².